The van der Waals surface area contributed by atoms with Gasteiger partial charge in [0.05, 0.1) is 21.6 Å². The summed E-state index contributed by atoms with van der Waals surface area (Å²) in [4.78, 5) is 9.83. The Kier molecular flexibility index (Phi) is 5.83. The molecule has 2 aliphatic rings. The van der Waals surface area contributed by atoms with Crippen LogP contribution in [0.4, 0.5) is 5.69 Å². The van der Waals surface area contributed by atoms with Gasteiger partial charge in [0.1, 0.15) is 30.0 Å². The first-order chi connectivity index (χ1) is 16.1. The molecular formula is C20H10Cl2N2O9S2-2. The molecule has 0 fully saturated rings. The largest absolute Gasteiger partial charge is 0.744 e. The van der Waals surface area contributed by atoms with Gasteiger partial charge in [0, 0.05) is 27.1 Å². The molecule has 1 aliphatic heterocycles. The van der Waals surface area contributed by atoms with Gasteiger partial charge in [0.2, 0.25) is 0 Å². The van der Waals surface area contributed by atoms with Gasteiger partial charge < -0.3 is 24.4 Å². The molecule has 1 heterocycles. The number of nitrogen functional groups attached to an aromatic ring is 1. The van der Waals surface area contributed by atoms with Crippen molar-refractivity contribution in [1.29, 1.82) is 5.41 Å². The molecule has 0 bridgehead atoms. The maximum atomic E-state index is 12.1. The lowest BCUT2D eigenvalue weighted by Crippen LogP contribution is -2.17. The molecule has 2 aromatic rings. The molecule has 0 amide bonds. The molecule has 11 nitrogen and oxygen atoms in total. The van der Waals surface area contributed by atoms with Gasteiger partial charge in [0.25, 0.3) is 0 Å². The van der Waals surface area contributed by atoms with E-state index in [1.54, 1.807) is 0 Å². The third-order valence-electron chi connectivity index (χ3n) is 5.07. The maximum Gasteiger partial charge on any atom is 0.337 e. The van der Waals surface area contributed by atoms with Crippen molar-refractivity contribution in [2.45, 2.75) is 9.79 Å². The molecular weight excluding hydrogens is 547 g/mol. The summed E-state index contributed by atoms with van der Waals surface area (Å²) in [5.41, 5.74) is 3.08. The Labute approximate surface area is 206 Å². The minimum absolute atomic E-state index is 0.203. The van der Waals surface area contributed by atoms with E-state index in [1.165, 1.54) is 18.2 Å². The Morgan fingerprint density at radius 1 is 0.914 bits per heavy atom. The van der Waals surface area contributed by atoms with Gasteiger partial charge in [0.15, 0.2) is 11.3 Å². The summed E-state index contributed by atoms with van der Waals surface area (Å²) in [6, 6.07) is 6.76. The van der Waals surface area contributed by atoms with Crippen molar-refractivity contribution in [3.63, 3.8) is 0 Å². The van der Waals surface area contributed by atoms with Crippen LogP contribution in [0.15, 0.2) is 50.6 Å². The molecule has 0 spiro atoms. The second-order valence-corrected chi connectivity index (χ2v) is 10.6. The molecule has 1 aliphatic carbocycles. The zero-order valence-electron chi connectivity index (χ0n) is 16.8. The van der Waals surface area contributed by atoms with Crippen molar-refractivity contribution in [1.82, 2.24) is 0 Å². The van der Waals surface area contributed by atoms with E-state index < -0.39 is 63.9 Å². The van der Waals surface area contributed by atoms with Gasteiger partial charge in [-0.15, -0.1) is 0 Å². The summed E-state index contributed by atoms with van der Waals surface area (Å²) in [5, 5.41) is 16.2. The van der Waals surface area contributed by atoms with Crippen molar-refractivity contribution in [3.8, 4) is 22.5 Å². The minimum atomic E-state index is -5.40. The Morgan fingerprint density at radius 3 is 2.09 bits per heavy atom. The highest BCUT2D eigenvalue weighted by molar-refractivity contribution is 7.86. The molecule has 35 heavy (non-hydrogen) atoms. The molecule has 0 atom stereocenters. The normalized spacial score (nSPS) is 12.3. The molecule has 15 heteroatoms. The van der Waals surface area contributed by atoms with E-state index in [1.807, 2.05) is 0 Å². The van der Waals surface area contributed by atoms with Crippen LogP contribution in [0.25, 0.3) is 33.4 Å². The first kappa shape index (κ1) is 24.9. The molecule has 0 aromatic heterocycles. The highest BCUT2D eigenvalue weighted by Gasteiger charge is 2.30. The molecule has 0 unspecified atom stereocenters. The molecule has 0 radical (unpaired) electrons. The molecule has 4 N–H and O–H groups in total. The number of carbonyl (C=O) groups is 1. The van der Waals surface area contributed by atoms with Gasteiger partial charge >= 0.3 is 5.97 Å². The fourth-order valence-corrected chi connectivity index (χ4v) is 5.71. The Hall–Kier alpha value is -3.20. The van der Waals surface area contributed by atoms with Crippen LogP contribution >= 0.6 is 23.2 Å². The van der Waals surface area contributed by atoms with E-state index in [4.69, 9.17) is 38.8 Å². The Balaban J connectivity index is 2.45. The lowest BCUT2D eigenvalue weighted by Gasteiger charge is -2.23. The van der Waals surface area contributed by atoms with Gasteiger partial charge in [-0.3, -0.25) is 5.41 Å². The molecule has 2 aromatic carbocycles. The molecule has 182 valence electrons. The van der Waals surface area contributed by atoms with Crippen molar-refractivity contribution < 1.29 is 40.3 Å². The molecule has 4 rings (SSSR count). The van der Waals surface area contributed by atoms with Gasteiger partial charge in [-0.1, -0.05) is 23.2 Å². The van der Waals surface area contributed by atoms with Crippen LogP contribution in [0, 0.1) is 5.41 Å². The molecule has 0 saturated heterocycles. The topological polar surface area (TPSA) is 215 Å². The summed E-state index contributed by atoms with van der Waals surface area (Å²) in [6.45, 7) is 0. The summed E-state index contributed by atoms with van der Waals surface area (Å²) in [7, 11) is -10.7. The van der Waals surface area contributed by atoms with E-state index in [9.17, 15) is 35.8 Å². The van der Waals surface area contributed by atoms with Crippen LogP contribution in [-0.4, -0.2) is 37.0 Å². The first-order valence-corrected chi connectivity index (χ1v) is 12.7. The summed E-state index contributed by atoms with van der Waals surface area (Å²) in [5.74, 6) is -2.35. The number of hydrogen-bond acceptors (Lipinski definition) is 10. The second kappa shape index (κ2) is 8.19. The van der Waals surface area contributed by atoms with Crippen molar-refractivity contribution in [2.24, 2.45) is 0 Å². The Bertz CT molecular complexity index is 1830. The molecule has 0 saturated carbocycles. The number of fused-ring (bicyclic) bond motifs is 2. The highest BCUT2D eigenvalue weighted by atomic mass is 35.5. The second-order valence-electron chi connectivity index (χ2n) is 7.15. The van der Waals surface area contributed by atoms with Crippen LogP contribution in [0.2, 0.25) is 10.0 Å². The number of benzene rings is 3. The average Bonchev–Trinajstić information content (AvgIpc) is 2.71. The van der Waals surface area contributed by atoms with Gasteiger partial charge in [-0.25, -0.2) is 21.6 Å². The number of carboxylic acids is 1. The zero-order chi connectivity index (χ0) is 26.0. The van der Waals surface area contributed by atoms with Gasteiger partial charge in [-0.05, 0) is 36.4 Å². The smallest absolute Gasteiger partial charge is 0.337 e. The number of hydrogen-bond donors (Lipinski definition) is 3. The van der Waals surface area contributed by atoms with Crippen LogP contribution in [0.5, 0.6) is 0 Å². The van der Waals surface area contributed by atoms with Crippen molar-refractivity contribution >= 4 is 66.1 Å². The van der Waals surface area contributed by atoms with E-state index in [0.717, 1.165) is 18.2 Å². The first-order valence-electron chi connectivity index (χ1n) is 9.14. The monoisotopic (exact) mass is 556 g/mol. The fourth-order valence-electron chi connectivity index (χ4n) is 3.76. The standard InChI is InChI=1S/C20H12Cl2N2O9S2/c21-9-3-4-10(22)15(20(25)26)14(9)13-7-1-5-11(23)18(34(27,28)29)16(7)33-17-8(13)2-6-12(24)19(17)35(30,31)32/h1-6,23H,24H2,(H,25,26)(H,27,28,29)(H,30,31,32)/p-2. The lowest BCUT2D eigenvalue weighted by molar-refractivity contribution is 0.0698. The predicted molar refractivity (Wildman–Crippen MR) is 121 cm³/mol. The lowest BCUT2D eigenvalue weighted by atomic mass is 9.90. The Morgan fingerprint density at radius 2 is 1.51 bits per heavy atom. The number of rotatable bonds is 4. The zero-order valence-corrected chi connectivity index (χ0v) is 20.0. The van der Waals surface area contributed by atoms with Crippen LogP contribution in [0.3, 0.4) is 0 Å². The summed E-state index contributed by atoms with van der Waals surface area (Å²) in [6.07, 6.45) is 0. The average molecular weight is 557 g/mol. The third-order valence-corrected chi connectivity index (χ3v) is 7.52. The number of nitrogens with one attached hydrogen (secondary N) is 1. The van der Waals surface area contributed by atoms with E-state index in [0.29, 0.717) is 0 Å². The number of nitrogens with two attached hydrogens (primary N) is 1. The minimum Gasteiger partial charge on any atom is -0.744 e. The van der Waals surface area contributed by atoms with Gasteiger partial charge in [-0.2, -0.15) is 0 Å². The van der Waals surface area contributed by atoms with E-state index in [2.05, 4.69) is 0 Å². The number of aromatic carboxylic acids is 1. The quantitative estimate of drug-likeness (QED) is 0.189. The summed E-state index contributed by atoms with van der Waals surface area (Å²) < 4.78 is 77.6. The number of carboxylic acid groups (broad SMARTS) is 1. The predicted octanol–water partition coefficient (Wildman–Crippen LogP) is 3.08. The van der Waals surface area contributed by atoms with Crippen molar-refractivity contribution in [2.75, 3.05) is 5.73 Å². The van der Waals surface area contributed by atoms with Crippen LogP contribution in [0.1, 0.15) is 10.4 Å². The van der Waals surface area contributed by atoms with E-state index in [-0.39, 0.29) is 32.1 Å². The van der Waals surface area contributed by atoms with Crippen LogP contribution in [-0.2, 0) is 20.2 Å². The number of halogens is 2. The van der Waals surface area contributed by atoms with Crippen molar-refractivity contribution in [3.05, 3.63) is 57.4 Å². The van der Waals surface area contributed by atoms with E-state index >= 15 is 0 Å². The van der Waals surface area contributed by atoms with Crippen LogP contribution < -0.4 is 11.1 Å². The third kappa shape index (κ3) is 4.01. The summed E-state index contributed by atoms with van der Waals surface area (Å²) >= 11 is 12.4. The highest BCUT2D eigenvalue weighted by Crippen LogP contribution is 2.48. The fraction of sp³-hybridized carbons (Fsp3) is 0. The maximum absolute atomic E-state index is 12.1. The number of anilines is 1. The SMILES string of the molecule is N=c1ccc2c(-c3c(Cl)ccc(Cl)c3C(=O)O)c3ccc(N)c(S(=O)(=O)[O-])c3oc-2c1S(=O)(=O)[O-].